The number of carboxylic acids is 1. The molecule has 28 heavy (non-hydrogen) atoms. The van der Waals surface area contributed by atoms with Crippen molar-refractivity contribution >= 4 is 5.97 Å². The van der Waals surface area contributed by atoms with Gasteiger partial charge in [0.05, 0.1) is 0 Å². The van der Waals surface area contributed by atoms with Gasteiger partial charge in [0.2, 0.25) is 0 Å². The fraction of sp³-hybridized carbons (Fsp3) is 0.808. The fourth-order valence-electron chi connectivity index (χ4n) is 3.53. The number of aliphatic carboxylic acids is 1. The minimum atomic E-state index is -0.701. The highest BCUT2D eigenvalue weighted by atomic mass is 16.4. The standard InChI is InChI=1S/C26H48O2/c1-2-3-4-5-6-7-8-9-10-11-12-13-14-15-16-17-18-19-20-21-22-23-24-25-26(27)28/h19-22H,2-18,23-25H2,1H3,(H,27,28). The molecule has 0 rings (SSSR count). The predicted octanol–water partition coefficient (Wildman–Crippen LogP) is 9.01. The van der Waals surface area contributed by atoms with E-state index in [9.17, 15) is 4.79 Å². The van der Waals surface area contributed by atoms with E-state index in [2.05, 4.69) is 25.2 Å². The van der Waals surface area contributed by atoms with Crippen LogP contribution in [0.1, 0.15) is 135 Å². The molecule has 1 N–H and O–H groups in total. The summed E-state index contributed by atoms with van der Waals surface area (Å²) < 4.78 is 0. The Morgan fingerprint density at radius 2 is 0.929 bits per heavy atom. The average Bonchev–Trinajstić information content (AvgIpc) is 2.68. The van der Waals surface area contributed by atoms with Gasteiger partial charge in [-0.2, -0.15) is 0 Å². The summed E-state index contributed by atoms with van der Waals surface area (Å²) in [5.41, 5.74) is 0. The SMILES string of the molecule is CCCCCCCCCCCCCCCCCCC=CC=CCCCC(=O)O. The first kappa shape index (κ1) is 27.0. The highest BCUT2D eigenvalue weighted by Gasteiger charge is 1.94. The van der Waals surface area contributed by atoms with E-state index in [1.807, 2.05) is 6.08 Å². The summed E-state index contributed by atoms with van der Waals surface area (Å²) in [6.07, 6.45) is 34.2. The van der Waals surface area contributed by atoms with E-state index in [0.29, 0.717) is 0 Å². The lowest BCUT2D eigenvalue weighted by Crippen LogP contribution is -1.92. The molecular weight excluding hydrogens is 344 g/mol. The van der Waals surface area contributed by atoms with Crippen molar-refractivity contribution in [3.05, 3.63) is 24.3 Å². The Morgan fingerprint density at radius 3 is 1.32 bits per heavy atom. The minimum absolute atomic E-state index is 0.271. The number of hydrogen-bond acceptors (Lipinski definition) is 1. The number of hydrogen-bond donors (Lipinski definition) is 1. The smallest absolute Gasteiger partial charge is 0.303 e. The Morgan fingerprint density at radius 1 is 0.571 bits per heavy atom. The molecule has 0 heterocycles. The second-order valence-electron chi connectivity index (χ2n) is 8.23. The summed E-state index contributed by atoms with van der Waals surface area (Å²) in [6.45, 7) is 2.29. The Hall–Kier alpha value is -1.05. The maximum atomic E-state index is 10.4. The lowest BCUT2D eigenvalue weighted by molar-refractivity contribution is -0.137. The number of carboxylic acid groups (broad SMARTS) is 1. The van der Waals surface area contributed by atoms with Gasteiger partial charge in [-0.05, 0) is 25.7 Å². The van der Waals surface area contributed by atoms with Crippen LogP contribution in [0.2, 0.25) is 0 Å². The summed E-state index contributed by atoms with van der Waals surface area (Å²) in [4.78, 5) is 10.4. The van der Waals surface area contributed by atoms with Crippen LogP contribution in [-0.4, -0.2) is 11.1 Å². The van der Waals surface area contributed by atoms with Crippen LogP contribution in [0.15, 0.2) is 24.3 Å². The Bertz CT molecular complexity index is 371. The van der Waals surface area contributed by atoms with Gasteiger partial charge in [0.1, 0.15) is 0 Å². The van der Waals surface area contributed by atoms with Crippen molar-refractivity contribution < 1.29 is 9.90 Å². The van der Waals surface area contributed by atoms with E-state index >= 15 is 0 Å². The van der Waals surface area contributed by atoms with Crippen molar-refractivity contribution in [2.75, 3.05) is 0 Å². The van der Waals surface area contributed by atoms with E-state index in [1.54, 1.807) is 0 Å². The molecule has 0 radical (unpaired) electrons. The van der Waals surface area contributed by atoms with E-state index in [4.69, 9.17) is 5.11 Å². The predicted molar refractivity (Wildman–Crippen MR) is 124 cm³/mol. The van der Waals surface area contributed by atoms with Crippen LogP contribution in [-0.2, 0) is 4.79 Å². The van der Waals surface area contributed by atoms with Crippen molar-refractivity contribution in [1.82, 2.24) is 0 Å². The minimum Gasteiger partial charge on any atom is -0.481 e. The monoisotopic (exact) mass is 392 g/mol. The molecule has 0 spiro atoms. The van der Waals surface area contributed by atoms with Crippen LogP contribution in [0.4, 0.5) is 0 Å². The summed E-state index contributed by atoms with van der Waals surface area (Å²) >= 11 is 0. The first-order valence-corrected chi connectivity index (χ1v) is 12.3. The third kappa shape index (κ3) is 24.9. The van der Waals surface area contributed by atoms with Crippen LogP contribution >= 0.6 is 0 Å². The first-order valence-electron chi connectivity index (χ1n) is 12.3. The van der Waals surface area contributed by atoms with Gasteiger partial charge in [0, 0.05) is 6.42 Å². The zero-order valence-corrected chi connectivity index (χ0v) is 18.8. The topological polar surface area (TPSA) is 37.3 Å². The van der Waals surface area contributed by atoms with Crippen molar-refractivity contribution in [3.63, 3.8) is 0 Å². The van der Waals surface area contributed by atoms with Crippen molar-refractivity contribution in [2.24, 2.45) is 0 Å². The lowest BCUT2D eigenvalue weighted by Gasteiger charge is -2.03. The van der Waals surface area contributed by atoms with E-state index < -0.39 is 5.97 Å². The van der Waals surface area contributed by atoms with E-state index in [1.165, 1.54) is 103 Å². The Balaban J connectivity index is 3.12. The van der Waals surface area contributed by atoms with Gasteiger partial charge in [0.25, 0.3) is 0 Å². The highest BCUT2D eigenvalue weighted by Crippen LogP contribution is 2.14. The number of carbonyl (C=O) groups is 1. The average molecular weight is 393 g/mol. The van der Waals surface area contributed by atoms with Crippen LogP contribution in [0, 0.1) is 0 Å². The van der Waals surface area contributed by atoms with Crippen LogP contribution in [0.3, 0.4) is 0 Å². The van der Waals surface area contributed by atoms with Crippen molar-refractivity contribution in [2.45, 2.75) is 135 Å². The molecular formula is C26H48O2. The van der Waals surface area contributed by atoms with Gasteiger partial charge >= 0.3 is 5.97 Å². The van der Waals surface area contributed by atoms with Crippen LogP contribution in [0.5, 0.6) is 0 Å². The van der Waals surface area contributed by atoms with Gasteiger partial charge in [0.15, 0.2) is 0 Å². The van der Waals surface area contributed by atoms with Gasteiger partial charge in [-0.3, -0.25) is 4.79 Å². The molecule has 164 valence electrons. The van der Waals surface area contributed by atoms with Gasteiger partial charge in [-0.25, -0.2) is 0 Å². The molecule has 2 heteroatoms. The third-order valence-corrected chi connectivity index (χ3v) is 5.37. The molecule has 0 saturated carbocycles. The maximum absolute atomic E-state index is 10.4. The van der Waals surface area contributed by atoms with Crippen molar-refractivity contribution in [3.8, 4) is 0 Å². The summed E-state index contributed by atoms with van der Waals surface area (Å²) in [7, 11) is 0. The zero-order chi connectivity index (χ0) is 20.5. The van der Waals surface area contributed by atoms with Gasteiger partial charge < -0.3 is 5.11 Å². The fourth-order valence-corrected chi connectivity index (χ4v) is 3.53. The molecule has 0 aliphatic rings. The third-order valence-electron chi connectivity index (χ3n) is 5.37. The molecule has 2 nitrogen and oxygen atoms in total. The van der Waals surface area contributed by atoms with Crippen LogP contribution in [0.25, 0.3) is 0 Å². The molecule has 0 amide bonds. The molecule has 0 aliphatic carbocycles. The molecule has 0 aromatic carbocycles. The number of rotatable bonds is 22. The maximum Gasteiger partial charge on any atom is 0.303 e. The molecule has 0 aromatic heterocycles. The Kier molecular flexibility index (Phi) is 23.1. The van der Waals surface area contributed by atoms with Crippen molar-refractivity contribution in [1.29, 1.82) is 0 Å². The second kappa shape index (κ2) is 24.0. The quantitative estimate of drug-likeness (QED) is 0.147. The Labute approximate surface area is 175 Å². The first-order chi connectivity index (χ1) is 13.8. The second-order valence-corrected chi connectivity index (χ2v) is 8.23. The largest absolute Gasteiger partial charge is 0.481 e. The molecule has 0 fully saturated rings. The zero-order valence-electron chi connectivity index (χ0n) is 18.8. The summed E-state index contributed by atoms with van der Waals surface area (Å²) in [5, 5.41) is 8.55. The van der Waals surface area contributed by atoms with E-state index in [-0.39, 0.29) is 6.42 Å². The van der Waals surface area contributed by atoms with E-state index in [0.717, 1.165) is 19.3 Å². The number of allylic oxidation sites excluding steroid dienone is 4. The lowest BCUT2D eigenvalue weighted by atomic mass is 10.0. The summed E-state index contributed by atoms with van der Waals surface area (Å²) in [5.74, 6) is -0.701. The molecule has 0 unspecified atom stereocenters. The molecule has 0 aromatic rings. The normalized spacial score (nSPS) is 11.8. The molecule has 0 atom stereocenters. The highest BCUT2D eigenvalue weighted by molar-refractivity contribution is 5.66. The molecule has 0 aliphatic heterocycles. The van der Waals surface area contributed by atoms with Gasteiger partial charge in [-0.1, -0.05) is 128 Å². The number of unbranched alkanes of at least 4 members (excludes halogenated alkanes) is 17. The summed E-state index contributed by atoms with van der Waals surface area (Å²) in [6, 6.07) is 0. The van der Waals surface area contributed by atoms with Gasteiger partial charge in [-0.15, -0.1) is 0 Å². The van der Waals surface area contributed by atoms with Crippen LogP contribution < -0.4 is 0 Å². The molecule has 0 bridgehead atoms. The molecule has 0 saturated heterocycles.